The Morgan fingerprint density at radius 2 is 1.86 bits per heavy atom. The van der Waals surface area contributed by atoms with E-state index in [0.29, 0.717) is 12.1 Å². The molecule has 29 heavy (non-hydrogen) atoms. The molecule has 0 aliphatic rings. The number of aryl methyl sites for hydroxylation is 3. The molecule has 0 aliphatic carbocycles. The van der Waals surface area contributed by atoms with Crippen molar-refractivity contribution in [2.75, 3.05) is 5.32 Å². The lowest BCUT2D eigenvalue weighted by Gasteiger charge is -2.21. The molecule has 0 saturated carbocycles. The largest absolute Gasteiger partial charge is 0.324 e. The summed E-state index contributed by atoms with van der Waals surface area (Å²) < 4.78 is 3.83. The Bertz CT molecular complexity index is 1300. The first-order chi connectivity index (χ1) is 13.9. The van der Waals surface area contributed by atoms with Crippen molar-refractivity contribution in [1.29, 1.82) is 0 Å². The van der Waals surface area contributed by atoms with Gasteiger partial charge in [0.1, 0.15) is 6.04 Å². The molecule has 0 unspecified atom stereocenters. The van der Waals surface area contributed by atoms with Gasteiger partial charge in [0.15, 0.2) is 5.65 Å². The van der Waals surface area contributed by atoms with Crippen LogP contribution in [0.25, 0.3) is 16.6 Å². The number of aromatic nitrogens is 3. The van der Waals surface area contributed by atoms with Gasteiger partial charge in [0.2, 0.25) is 5.91 Å². The first kappa shape index (κ1) is 18.9. The van der Waals surface area contributed by atoms with Crippen LogP contribution in [0.4, 0.5) is 5.69 Å². The molecule has 148 valence electrons. The summed E-state index contributed by atoms with van der Waals surface area (Å²) in [5.41, 5.74) is 4.89. The van der Waals surface area contributed by atoms with E-state index in [4.69, 9.17) is 0 Å². The molecule has 0 aliphatic heterocycles. The van der Waals surface area contributed by atoms with Gasteiger partial charge < -0.3 is 5.32 Å². The summed E-state index contributed by atoms with van der Waals surface area (Å²) in [6.45, 7) is 7.86. The normalized spacial score (nSPS) is 12.4. The molecule has 4 rings (SSSR count). The topological polar surface area (TPSA) is 68.4 Å². The second-order valence-corrected chi connectivity index (χ2v) is 7.46. The van der Waals surface area contributed by atoms with Crippen molar-refractivity contribution in [2.24, 2.45) is 0 Å². The molecular weight excluding hydrogens is 364 g/mol. The lowest BCUT2D eigenvalue weighted by atomic mass is 10.1. The van der Waals surface area contributed by atoms with Crippen molar-refractivity contribution in [2.45, 2.75) is 40.2 Å². The number of nitrogens with zero attached hydrogens (tertiary/aromatic N) is 3. The summed E-state index contributed by atoms with van der Waals surface area (Å²) in [5, 5.41) is 3.93. The summed E-state index contributed by atoms with van der Waals surface area (Å²) in [4.78, 5) is 29.6. The number of nitrogens with one attached hydrogen (secondary N) is 1. The molecule has 1 atom stereocenters. The molecule has 2 aromatic carbocycles. The number of anilines is 1. The number of benzene rings is 2. The van der Waals surface area contributed by atoms with E-state index in [1.165, 1.54) is 6.07 Å². The van der Waals surface area contributed by atoms with Crippen LogP contribution in [-0.4, -0.2) is 20.1 Å². The molecular formula is C23H24N4O2. The summed E-state index contributed by atoms with van der Waals surface area (Å²) in [5.74, 6) is -0.0970. The van der Waals surface area contributed by atoms with E-state index < -0.39 is 6.04 Å². The summed E-state index contributed by atoms with van der Waals surface area (Å²) in [7, 11) is 0. The maximum atomic E-state index is 13.3. The van der Waals surface area contributed by atoms with Crippen LogP contribution in [0.5, 0.6) is 0 Å². The van der Waals surface area contributed by atoms with Crippen molar-refractivity contribution in [3.8, 4) is 0 Å². The number of para-hydroxylation sites is 1. The van der Waals surface area contributed by atoms with Crippen LogP contribution in [-0.2, 0) is 4.79 Å². The highest BCUT2D eigenvalue weighted by Crippen LogP contribution is 2.27. The van der Waals surface area contributed by atoms with Crippen LogP contribution in [0.15, 0.2) is 53.3 Å². The molecule has 1 amide bonds. The fourth-order valence-electron chi connectivity index (χ4n) is 3.95. The third kappa shape index (κ3) is 3.20. The fraction of sp³-hybridized carbons (Fsp3) is 0.261. The number of fused-ring (bicyclic) bond motifs is 3. The maximum Gasteiger partial charge on any atom is 0.273 e. The molecule has 2 aromatic heterocycles. The molecule has 4 aromatic rings. The van der Waals surface area contributed by atoms with Crippen molar-refractivity contribution in [3.63, 3.8) is 0 Å². The summed E-state index contributed by atoms with van der Waals surface area (Å²) in [6, 6.07) is 14.8. The molecule has 0 radical (unpaired) electrons. The molecule has 6 heteroatoms. The monoisotopic (exact) mass is 388 g/mol. The lowest BCUT2D eigenvalue weighted by Crippen LogP contribution is -2.29. The van der Waals surface area contributed by atoms with Crippen molar-refractivity contribution < 1.29 is 4.79 Å². The van der Waals surface area contributed by atoms with Crippen LogP contribution in [0.3, 0.4) is 0 Å². The van der Waals surface area contributed by atoms with E-state index in [1.54, 1.807) is 0 Å². The lowest BCUT2D eigenvalue weighted by molar-refractivity contribution is -0.119. The molecule has 1 N–H and O–H groups in total. The summed E-state index contributed by atoms with van der Waals surface area (Å²) in [6.07, 6.45) is 0.593. The Hall–Kier alpha value is -3.41. The van der Waals surface area contributed by atoms with Gasteiger partial charge in [-0.2, -0.15) is 4.98 Å². The molecule has 2 heterocycles. The van der Waals surface area contributed by atoms with Crippen LogP contribution >= 0.6 is 0 Å². The minimum Gasteiger partial charge on any atom is -0.324 e. The van der Waals surface area contributed by atoms with Crippen LogP contribution in [0, 0.1) is 20.8 Å². The van der Waals surface area contributed by atoms with Gasteiger partial charge in [-0.25, -0.2) is 4.52 Å². The fourth-order valence-corrected chi connectivity index (χ4v) is 3.95. The number of rotatable bonds is 4. The quantitative estimate of drug-likeness (QED) is 0.571. The molecule has 0 fully saturated rings. The Balaban J connectivity index is 1.88. The Labute approximate surface area is 168 Å². The van der Waals surface area contributed by atoms with E-state index in [2.05, 4.69) is 16.4 Å². The predicted molar refractivity (Wildman–Crippen MR) is 116 cm³/mol. The smallest absolute Gasteiger partial charge is 0.273 e. The first-order valence-electron chi connectivity index (χ1n) is 9.78. The molecule has 6 nitrogen and oxygen atoms in total. The van der Waals surface area contributed by atoms with Gasteiger partial charge in [0.25, 0.3) is 5.56 Å². The van der Waals surface area contributed by atoms with Gasteiger partial charge in [0.05, 0.1) is 5.52 Å². The third-order valence-corrected chi connectivity index (χ3v) is 5.31. The zero-order valence-electron chi connectivity index (χ0n) is 17.1. The van der Waals surface area contributed by atoms with E-state index in [9.17, 15) is 9.59 Å². The number of hydrogen-bond donors (Lipinski definition) is 1. The predicted octanol–water partition coefficient (Wildman–Crippen LogP) is 4.16. The number of carbonyl (C=O) groups is 1. The van der Waals surface area contributed by atoms with Crippen molar-refractivity contribution in [3.05, 3.63) is 75.7 Å². The minimum absolute atomic E-state index is 0.0970. The second-order valence-electron chi connectivity index (χ2n) is 7.46. The zero-order valence-corrected chi connectivity index (χ0v) is 17.1. The highest BCUT2D eigenvalue weighted by Gasteiger charge is 2.25. The van der Waals surface area contributed by atoms with Crippen LogP contribution in [0.2, 0.25) is 0 Å². The van der Waals surface area contributed by atoms with E-state index in [-0.39, 0.29) is 11.5 Å². The maximum absolute atomic E-state index is 13.3. The Kier molecular flexibility index (Phi) is 4.70. The minimum atomic E-state index is -0.457. The van der Waals surface area contributed by atoms with Crippen molar-refractivity contribution in [1.82, 2.24) is 14.2 Å². The van der Waals surface area contributed by atoms with Gasteiger partial charge in [0, 0.05) is 22.8 Å². The van der Waals surface area contributed by atoms with Gasteiger partial charge in [-0.05, 0) is 51.0 Å². The number of amides is 1. The third-order valence-electron chi connectivity index (χ3n) is 5.31. The average Bonchev–Trinajstić information content (AvgIpc) is 3.00. The van der Waals surface area contributed by atoms with Gasteiger partial charge in [-0.1, -0.05) is 36.8 Å². The van der Waals surface area contributed by atoms with E-state index in [1.807, 2.05) is 73.3 Å². The highest BCUT2D eigenvalue weighted by atomic mass is 16.2. The van der Waals surface area contributed by atoms with Crippen LogP contribution in [0.1, 0.15) is 36.2 Å². The number of hydrogen-bond acceptors (Lipinski definition) is 3. The molecule has 0 spiro atoms. The number of carbonyl (C=O) groups excluding carboxylic acids is 1. The second kappa shape index (κ2) is 7.20. The summed E-state index contributed by atoms with van der Waals surface area (Å²) >= 11 is 0. The highest BCUT2D eigenvalue weighted by molar-refractivity contribution is 5.98. The van der Waals surface area contributed by atoms with Crippen LogP contribution < -0.4 is 10.9 Å². The van der Waals surface area contributed by atoms with Gasteiger partial charge >= 0.3 is 0 Å². The van der Waals surface area contributed by atoms with E-state index >= 15 is 0 Å². The Morgan fingerprint density at radius 3 is 2.59 bits per heavy atom. The molecule has 0 bridgehead atoms. The first-order valence-corrected chi connectivity index (χ1v) is 9.78. The van der Waals surface area contributed by atoms with Gasteiger partial charge in [-0.15, -0.1) is 0 Å². The Morgan fingerprint density at radius 1 is 1.10 bits per heavy atom. The standard InChI is InChI=1S/C23H24N4O2/c1-5-19(23(29)24-18-11-10-14(2)12-15(18)3)27-20-9-7-6-8-17(20)22-25-21(28)13-16(4)26(22)27/h6-13,19H,5H2,1-4H3,(H,24,29)/t19-/m0/s1. The zero-order chi connectivity index (χ0) is 20.7. The van der Waals surface area contributed by atoms with E-state index in [0.717, 1.165) is 33.4 Å². The van der Waals surface area contributed by atoms with Gasteiger partial charge in [-0.3, -0.25) is 14.3 Å². The molecule has 0 saturated heterocycles. The average molecular weight is 388 g/mol. The SMILES string of the molecule is CC[C@@H](C(=O)Nc1ccc(C)cc1C)n1c2ccccc2c2nc(=O)cc(C)n21. The van der Waals surface area contributed by atoms with Crippen molar-refractivity contribution >= 4 is 28.1 Å².